The summed E-state index contributed by atoms with van der Waals surface area (Å²) < 4.78 is 10.6. The first kappa shape index (κ1) is 15.3. The number of aryl methyl sites for hydroxylation is 1. The molecule has 1 unspecified atom stereocenters. The number of pyridine rings is 1. The molecule has 4 heteroatoms. The van der Waals surface area contributed by atoms with E-state index in [9.17, 15) is 0 Å². The summed E-state index contributed by atoms with van der Waals surface area (Å²) in [6.07, 6.45) is 1.76. The van der Waals surface area contributed by atoms with Gasteiger partial charge in [0.05, 0.1) is 19.9 Å². The van der Waals surface area contributed by atoms with Gasteiger partial charge in [0.2, 0.25) is 0 Å². The number of benzene rings is 1. The van der Waals surface area contributed by atoms with Crippen LogP contribution in [0.5, 0.6) is 11.5 Å². The molecule has 1 N–H and O–H groups in total. The molecule has 1 atom stereocenters. The minimum absolute atomic E-state index is 0.174. The molecule has 0 radical (unpaired) electrons. The van der Waals surface area contributed by atoms with E-state index in [4.69, 9.17) is 9.47 Å². The van der Waals surface area contributed by atoms with Crippen LogP contribution in [0.15, 0.2) is 36.5 Å². The first-order valence-corrected chi connectivity index (χ1v) is 7.01. The third kappa shape index (κ3) is 3.95. The number of methoxy groups -OCH3 is 2. The molecule has 0 amide bonds. The van der Waals surface area contributed by atoms with Crippen LogP contribution in [0.1, 0.15) is 29.8 Å². The summed E-state index contributed by atoms with van der Waals surface area (Å²) in [5, 5.41) is 3.47. The van der Waals surface area contributed by atoms with Gasteiger partial charge in [-0.2, -0.15) is 0 Å². The predicted octanol–water partition coefficient (Wildman–Crippen LogP) is 3.26. The van der Waals surface area contributed by atoms with Crippen molar-refractivity contribution < 1.29 is 9.47 Å². The Labute approximate surface area is 126 Å². The average Bonchev–Trinajstić information content (AvgIpc) is 2.52. The number of rotatable bonds is 6. The zero-order valence-electron chi connectivity index (χ0n) is 13.0. The van der Waals surface area contributed by atoms with Crippen molar-refractivity contribution in [2.24, 2.45) is 0 Å². The number of aromatic nitrogens is 1. The summed E-state index contributed by atoms with van der Waals surface area (Å²) in [6.45, 7) is 4.88. The van der Waals surface area contributed by atoms with Gasteiger partial charge in [0.25, 0.3) is 0 Å². The zero-order valence-corrected chi connectivity index (χ0v) is 13.0. The van der Waals surface area contributed by atoms with Gasteiger partial charge in [0.15, 0.2) is 0 Å². The molecule has 1 aromatic heterocycles. The number of hydrogen-bond donors (Lipinski definition) is 1. The molecular formula is C17H22N2O2. The molecule has 4 nitrogen and oxygen atoms in total. The van der Waals surface area contributed by atoms with Crippen LogP contribution in [0.3, 0.4) is 0 Å². The first-order chi connectivity index (χ1) is 10.1. The highest BCUT2D eigenvalue weighted by Gasteiger charge is 2.11. The Morgan fingerprint density at radius 2 is 1.95 bits per heavy atom. The van der Waals surface area contributed by atoms with Crippen LogP contribution < -0.4 is 14.8 Å². The number of hydrogen-bond acceptors (Lipinski definition) is 4. The molecule has 2 aromatic rings. The minimum Gasteiger partial charge on any atom is -0.497 e. The molecule has 0 aliphatic heterocycles. The summed E-state index contributed by atoms with van der Waals surface area (Å²) in [4.78, 5) is 4.34. The third-order valence-electron chi connectivity index (χ3n) is 3.46. The molecule has 0 saturated heterocycles. The highest BCUT2D eigenvalue weighted by molar-refractivity contribution is 5.39. The normalized spacial score (nSPS) is 12.0. The maximum absolute atomic E-state index is 5.43. The Balaban J connectivity index is 2.07. The van der Waals surface area contributed by atoms with Gasteiger partial charge in [-0.25, -0.2) is 0 Å². The van der Waals surface area contributed by atoms with Gasteiger partial charge in [-0.1, -0.05) is 17.7 Å². The lowest BCUT2D eigenvalue weighted by Crippen LogP contribution is -2.19. The molecule has 0 saturated carbocycles. The second-order valence-corrected chi connectivity index (χ2v) is 5.03. The van der Waals surface area contributed by atoms with Crippen LogP contribution in [0.4, 0.5) is 0 Å². The lowest BCUT2D eigenvalue weighted by atomic mass is 10.0. The van der Waals surface area contributed by atoms with Gasteiger partial charge in [0.1, 0.15) is 11.5 Å². The van der Waals surface area contributed by atoms with Crippen molar-refractivity contribution in [3.05, 3.63) is 53.3 Å². The minimum atomic E-state index is 0.174. The summed E-state index contributed by atoms with van der Waals surface area (Å²) >= 11 is 0. The fraction of sp³-hybridized carbons (Fsp3) is 0.353. The molecule has 0 aliphatic carbocycles. The lowest BCUT2D eigenvalue weighted by molar-refractivity contribution is 0.400. The summed E-state index contributed by atoms with van der Waals surface area (Å²) in [6, 6.07) is 10.2. The standard InChI is InChI=1S/C17H22N2O2/c1-12-5-6-17(21-4)16(9-12)13(2)19-11-14-10-15(20-3)7-8-18-14/h5-10,13,19H,11H2,1-4H3. The summed E-state index contributed by atoms with van der Waals surface area (Å²) in [5.74, 6) is 1.72. The van der Waals surface area contributed by atoms with Gasteiger partial charge in [-0.05, 0) is 26.0 Å². The fourth-order valence-electron chi connectivity index (χ4n) is 2.24. The molecule has 0 spiro atoms. The smallest absolute Gasteiger partial charge is 0.123 e. The van der Waals surface area contributed by atoms with Gasteiger partial charge in [-0.3, -0.25) is 4.98 Å². The quantitative estimate of drug-likeness (QED) is 0.885. The largest absolute Gasteiger partial charge is 0.497 e. The van der Waals surface area contributed by atoms with E-state index in [1.54, 1.807) is 20.4 Å². The van der Waals surface area contributed by atoms with Crippen LogP contribution in [-0.4, -0.2) is 19.2 Å². The Bertz CT molecular complexity index is 599. The molecule has 2 rings (SSSR count). The van der Waals surface area contributed by atoms with Crippen LogP contribution in [0.2, 0.25) is 0 Å². The van der Waals surface area contributed by atoms with E-state index in [0.717, 1.165) is 22.8 Å². The highest BCUT2D eigenvalue weighted by atomic mass is 16.5. The fourth-order valence-corrected chi connectivity index (χ4v) is 2.24. The number of nitrogens with zero attached hydrogens (tertiary/aromatic N) is 1. The van der Waals surface area contributed by atoms with Crippen molar-refractivity contribution in [3.8, 4) is 11.5 Å². The Hall–Kier alpha value is -2.07. The van der Waals surface area contributed by atoms with Gasteiger partial charge >= 0.3 is 0 Å². The van der Waals surface area contributed by atoms with E-state index in [1.165, 1.54) is 5.56 Å². The Morgan fingerprint density at radius 1 is 1.14 bits per heavy atom. The molecule has 0 bridgehead atoms. The second-order valence-electron chi connectivity index (χ2n) is 5.03. The van der Waals surface area contributed by atoms with Crippen LogP contribution >= 0.6 is 0 Å². The lowest BCUT2D eigenvalue weighted by Gasteiger charge is -2.18. The van der Waals surface area contributed by atoms with E-state index in [0.29, 0.717) is 6.54 Å². The van der Waals surface area contributed by atoms with E-state index in [1.807, 2.05) is 18.2 Å². The monoisotopic (exact) mass is 286 g/mol. The van der Waals surface area contributed by atoms with Crippen molar-refractivity contribution in [1.29, 1.82) is 0 Å². The molecule has 1 heterocycles. The van der Waals surface area contributed by atoms with E-state index < -0.39 is 0 Å². The maximum atomic E-state index is 5.43. The van der Waals surface area contributed by atoms with Gasteiger partial charge in [0, 0.05) is 30.4 Å². The zero-order chi connectivity index (χ0) is 15.2. The summed E-state index contributed by atoms with van der Waals surface area (Å²) in [7, 11) is 3.36. The molecule has 21 heavy (non-hydrogen) atoms. The van der Waals surface area contributed by atoms with E-state index in [-0.39, 0.29) is 6.04 Å². The van der Waals surface area contributed by atoms with Crippen molar-refractivity contribution in [3.63, 3.8) is 0 Å². The number of ether oxygens (including phenoxy) is 2. The van der Waals surface area contributed by atoms with E-state index in [2.05, 4.69) is 36.3 Å². The van der Waals surface area contributed by atoms with Crippen LogP contribution in [0, 0.1) is 6.92 Å². The SMILES string of the molecule is COc1ccnc(CNC(C)c2cc(C)ccc2OC)c1. The maximum Gasteiger partial charge on any atom is 0.123 e. The summed E-state index contributed by atoms with van der Waals surface area (Å²) in [5.41, 5.74) is 3.33. The molecule has 1 aromatic carbocycles. The van der Waals surface area contributed by atoms with Crippen LogP contribution in [-0.2, 0) is 6.54 Å². The Kier molecular flexibility index (Phi) is 5.17. The van der Waals surface area contributed by atoms with Crippen molar-refractivity contribution in [2.45, 2.75) is 26.4 Å². The van der Waals surface area contributed by atoms with Crippen molar-refractivity contribution >= 4 is 0 Å². The van der Waals surface area contributed by atoms with Crippen molar-refractivity contribution in [1.82, 2.24) is 10.3 Å². The molecule has 112 valence electrons. The highest BCUT2D eigenvalue weighted by Crippen LogP contribution is 2.26. The van der Waals surface area contributed by atoms with Crippen LogP contribution in [0.25, 0.3) is 0 Å². The van der Waals surface area contributed by atoms with Gasteiger partial charge in [-0.15, -0.1) is 0 Å². The van der Waals surface area contributed by atoms with E-state index >= 15 is 0 Å². The first-order valence-electron chi connectivity index (χ1n) is 7.01. The van der Waals surface area contributed by atoms with Crippen molar-refractivity contribution in [2.75, 3.05) is 14.2 Å². The Morgan fingerprint density at radius 3 is 2.67 bits per heavy atom. The number of nitrogens with one attached hydrogen (secondary N) is 1. The average molecular weight is 286 g/mol. The third-order valence-corrected chi connectivity index (χ3v) is 3.46. The molecule has 0 fully saturated rings. The molecule has 0 aliphatic rings. The predicted molar refractivity (Wildman–Crippen MR) is 83.8 cm³/mol. The topological polar surface area (TPSA) is 43.4 Å². The molecular weight excluding hydrogens is 264 g/mol. The second kappa shape index (κ2) is 7.09. The van der Waals surface area contributed by atoms with Gasteiger partial charge < -0.3 is 14.8 Å².